The summed E-state index contributed by atoms with van der Waals surface area (Å²) >= 11 is 0. The van der Waals surface area contributed by atoms with Crippen molar-refractivity contribution < 1.29 is 18.7 Å². The smallest absolute Gasteiger partial charge is 0.355 e. The van der Waals surface area contributed by atoms with Crippen molar-refractivity contribution in [1.29, 1.82) is 0 Å². The van der Waals surface area contributed by atoms with Gasteiger partial charge in [-0.25, -0.2) is 0 Å². The van der Waals surface area contributed by atoms with Gasteiger partial charge in [-0.15, -0.1) is 0 Å². The van der Waals surface area contributed by atoms with E-state index in [0.29, 0.717) is 17.2 Å². The van der Waals surface area contributed by atoms with E-state index >= 15 is 0 Å². The van der Waals surface area contributed by atoms with Crippen LogP contribution < -0.4 is 14.1 Å². The lowest BCUT2D eigenvalue weighted by Crippen LogP contribution is -2.30. The van der Waals surface area contributed by atoms with E-state index in [0.717, 1.165) is 0 Å². The Morgan fingerprint density at radius 1 is 0.957 bits per heavy atom. The fourth-order valence-electron chi connectivity index (χ4n) is 1.89. The van der Waals surface area contributed by atoms with Gasteiger partial charge in [-0.1, -0.05) is 30.3 Å². The minimum absolute atomic E-state index is 0.522. The number of para-hydroxylation sites is 3. The zero-order valence-corrected chi connectivity index (χ0v) is 14.8. The maximum absolute atomic E-state index is 12.8. The Morgan fingerprint density at radius 2 is 1.57 bits per heavy atom. The molecule has 0 spiro atoms. The second kappa shape index (κ2) is 7.53. The zero-order valence-electron chi connectivity index (χ0n) is 13.8. The molecule has 23 heavy (non-hydrogen) atoms. The molecular weight excluding hydrogens is 313 g/mol. The van der Waals surface area contributed by atoms with Gasteiger partial charge in [0.1, 0.15) is 17.2 Å². The lowest BCUT2D eigenvalue weighted by atomic mass is 10.2. The molecule has 0 radical (unpaired) electrons. The standard InChI is InChI=1S/C17H22NO4P/c1-17(2,3)22-18(15-12-8-9-13-16(15)20-4)23(19)21-14-10-6-5-7-11-14/h5-13,23H,1-4H3. The second-order valence-electron chi connectivity index (χ2n) is 5.85. The molecule has 1 atom stereocenters. The molecule has 0 aromatic heterocycles. The van der Waals surface area contributed by atoms with Gasteiger partial charge >= 0.3 is 8.18 Å². The van der Waals surface area contributed by atoms with Crippen LogP contribution in [0.2, 0.25) is 0 Å². The molecule has 0 aliphatic carbocycles. The van der Waals surface area contributed by atoms with Crippen molar-refractivity contribution in [1.82, 2.24) is 0 Å². The first-order chi connectivity index (χ1) is 10.9. The number of nitrogens with zero attached hydrogens (tertiary/aromatic N) is 1. The third-order valence-corrected chi connectivity index (χ3v) is 3.86. The average Bonchev–Trinajstić information content (AvgIpc) is 2.52. The van der Waals surface area contributed by atoms with Crippen LogP contribution in [0.5, 0.6) is 11.5 Å². The number of methoxy groups -OCH3 is 1. The van der Waals surface area contributed by atoms with Crippen molar-refractivity contribution in [2.45, 2.75) is 26.4 Å². The average molecular weight is 335 g/mol. The molecular formula is C17H22NO4P. The van der Waals surface area contributed by atoms with E-state index in [1.54, 1.807) is 31.4 Å². The minimum Gasteiger partial charge on any atom is -0.494 e. The van der Waals surface area contributed by atoms with Gasteiger partial charge in [0, 0.05) is 0 Å². The molecule has 0 saturated heterocycles. The van der Waals surface area contributed by atoms with Crippen LogP contribution in [0.25, 0.3) is 0 Å². The van der Waals surface area contributed by atoms with Gasteiger partial charge in [-0.3, -0.25) is 9.40 Å². The topological polar surface area (TPSA) is 48.0 Å². The number of hydrogen-bond acceptors (Lipinski definition) is 4. The Balaban J connectivity index is 2.32. The first kappa shape index (κ1) is 17.4. The Kier molecular flexibility index (Phi) is 5.69. The molecule has 0 heterocycles. The first-order valence-electron chi connectivity index (χ1n) is 7.30. The number of rotatable bonds is 6. The van der Waals surface area contributed by atoms with Gasteiger partial charge < -0.3 is 9.26 Å². The molecule has 6 heteroatoms. The van der Waals surface area contributed by atoms with E-state index in [4.69, 9.17) is 14.1 Å². The highest BCUT2D eigenvalue weighted by atomic mass is 31.1. The molecule has 5 nitrogen and oxygen atoms in total. The summed E-state index contributed by atoms with van der Waals surface area (Å²) in [6, 6.07) is 16.2. The van der Waals surface area contributed by atoms with Gasteiger partial charge in [0.2, 0.25) is 0 Å². The van der Waals surface area contributed by atoms with Crippen molar-refractivity contribution in [2.75, 3.05) is 11.9 Å². The van der Waals surface area contributed by atoms with Crippen molar-refractivity contribution >= 4 is 13.9 Å². The molecule has 0 N–H and O–H groups in total. The SMILES string of the molecule is COc1ccccc1N(OC(C)(C)C)[PH](=O)Oc1ccccc1. The first-order valence-corrected chi connectivity index (χ1v) is 8.56. The quantitative estimate of drug-likeness (QED) is 0.566. The highest BCUT2D eigenvalue weighted by Crippen LogP contribution is 2.42. The van der Waals surface area contributed by atoms with Gasteiger partial charge in [0.25, 0.3) is 0 Å². The largest absolute Gasteiger partial charge is 0.494 e. The minimum atomic E-state index is -2.72. The van der Waals surface area contributed by atoms with E-state index in [9.17, 15) is 4.57 Å². The van der Waals surface area contributed by atoms with Crippen molar-refractivity contribution in [2.24, 2.45) is 0 Å². The molecule has 0 aliphatic heterocycles. The van der Waals surface area contributed by atoms with E-state index in [2.05, 4.69) is 0 Å². The Labute approximate surface area is 137 Å². The predicted molar refractivity (Wildman–Crippen MR) is 92.4 cm³/mol. The molecule has 0 aliphatic rings. The summed E-state index contributed by atoms with van der Waals surface area (Å²) in [6.07, 6.45) is 0. The molecule has 2 rings (SSSR count). The van der Waals surface area contributed by atoms with Crippen molar-refractivity contribution in [3.63, 3.8) is 0 Å². The van der Waals surface area contributed by atoms with E-state index in [1.165, 1.54) is 4.83 Å². The number of anilines is 1. The Bertz CT molecular complexity index is 655. The van der Waals surface area contributed by atoms with Gasteiger partial charge in [-0.05, 0) is 45.0 Å². The fraction of sp³-hybridized carbons (Fsp3) is 0.294. The van der Waals surface area contributed by atoms with E-state index in [-0.39, 0.29) is 0 Å². The van der Waals surface area contributed by atoms with Crippen molar-refractivity contribution in [3.05, 3.63) is 54.6 Å². The van der Waals surface area contributed by atoms with Crippen LogP contribution in [0.15, 0.2) is 54.6 Å². The van der Waals surface area contributed by atoms with Crippen LogP contribution >= 0.6 is 8.18 Å². The van der Waals surface area contributed by atoms with Crippen LogP contribution in [-0.4, -0.2) is 12.7 Å². The summed E-state index contributed by atoms with van der Waals surface area (Å²) in [5.41, 5.74) is 0.0195. The highest BCUT2D eigenvalue weighted by molar-refractivity contribution is 7.41. The van der Waals surface area contributed by atoms with Gasteiger partial charge in [-0.2, -0.15) is 4.83 Å². The summed E-state index contributed by atoms with van der Waals surface area (Å²) in [5.74, 6) is 1.08. The molecule has 2 aromatic carbocycles. The summed E-state index contributed by atoms with van der Waals surface area (Å²) in [7, 11) is -1.16. The van der Waals surface area contributed by atoms with Gasteiger partial charge in [0.05, 0.1) is 12.7 Å². The predicted octanol–water partition coefficient (Wildman–Crippen LogP) is 4.70. The molecule has 0 fully saturated rings. The summed E-state index contributed by atoms with van der Waals surface area (Å²) < 4.78 is 23.7. The zero-order chi connectivity index (χ0) is 16.9. The second-order valence-corrected chi connectivity index (χ2v) is 6.99. The lowest BCUT2D eigenvalue weighted by molar-refractivity contribution is 0.00406. The van der Waals surface area contributed by atoms with Crippen LogP contribution in [0.3, 0.4) is 0 Å². The van der Waals surface area contributed by atoms with E-state index < -0.39 is 13.8 Å². The van der Waals surface area contributed by atoms with Crippen LogP contribution in [-0.2, 0) is 9.40 Å². The maximum atomic E-state index is 12.8. The molecule has 0 saturated carbocycles. The van der Waals surface area contributed by atoms with Crippen molar-refractivity contribution in [3.8, 4) is 11.5 Å². The van der Waals surface area contributed by atoms with Crippen LogP contribution in [0.4, 0.5) is 5.69 Å². The summed E-state index contributed by atoms with van der Waals surface area (Å²) in [5, 5.41) is 0. The molecule has 0 amide bonds. The Morgan fingerprint density at radius 3 is 2.17 bits per heavy atom. The highest BCUT2D eigenvalue weighted by Gasteiger charge is 2.26. The third kappa shape index (κ3) is 5.02. The number of benzene rings is 2. The Hall–Kier alpha value is -1.97. The monoisotopic (exact) mass is 335 g/mol. The maximum Gasteiger partial charge on any atom is 0.355 e. The summed E-state index contributed by atoms with van der Waals surface area (Å²) in [4.78, 5) is 7.16. The van der Waals surface area contributed by atoms with E-state index in [1.807, 2.05) is 51.1 Å². The number of ether oxygens (including phenoxy) is 1. The fourth-order valence-corrected chi connectivity index (χ4v) is 3.04. The molecule has 2 aromatic rings. The third-order valence-electron chi connectivity index (χ3n) is 2.78. The lowest BCUT2D eigenvalue weighted by Gasteiger charge is -2.30. The van der Waals surface area contributed by atoms with Gasteiger partial charge in [0.15, 0.2) is 0 Å². The molecule has 1 unspecified atom stereocenters. The molecule has 124 valence electrons. The summed E-state index contributed by atoms with van der Waals surface area (Å²) in [6.45, 7) is 5.65. The van der Waals surface area contributed by atoms with Crippen LogP contribution in [0.1, 0.15) is 20.8 Å². The normalized spacial score (nSPS) is 12.5. The van der Waals surface area contributed by atoms with Crippen LogP contribution in [0, 0.1) is 0 Å². The molecule has 0 bridgehead atoms. The number of hydrogen-bond donors (Lipinski definition) is 0.